The maximum absolute atomic E-state index is 12.4. The number of fused-ring (bicyclic) bond motifs is 1. The van der Waals surface area contributed by atoms with Crippen molar-refractivity contribution in [2.75, 3.05) is 13.2 Å². The second kappa shape index (κ2) is 4.66. The summed E-state index contributed by atoms with van der Waals surface area (Å²) in [6.45, 7) is 1.28. The highest BCUT2D eigenvalue weighted by Gasteiger charge is 2.23. The Morgan fingerprint density at radius 2 is 2.05 bits per heavy atom. The molecule has 1 fully saturated rings. The van der Waals surface area contributed by atoms with Crippen molar-refractivity contribution in [3.05, 3.63) is 34.3 Å². The lowest BCUT2D eigenvalue weighted by Crippen LogP contribution is -2.23. The topological polar surface area (TPSA) is 61.4 Å². The van der Waals surface area contributed by atoms with Crippen LogP contribution in [-0.4, -0.2) is 23.6 Å². The molecule has 0 unspecified atom stereocenters. The Balaban J connectivity index is 1.96. The maximum Gasteiger partial charge on any atom is 0.419 e. The maximum atomic E-state index is 12.4. The molecule has 5 heteroatoms. The summed E-state index contributed by atoms with van der Waals surface area (Å²) in [5.74, 6) is -0.288. The minimum atomic E-state index is -0.411. The van der Waals surface area contributed by atoms with Crippen LogP contribution in [0.5, 0.6) is 0 Å². The molecule has 0 bridgehead atoms. The van der Waals surface area contributed by atoms with E-state index >= 15 is 0 Å². The molecule has 1 aromatic heterocycles. The third-order valence-corrected chi connectivity index (χ3v) is 3.67. The highest BCUT2D eigenvalue weighted by molar-refractivity contribution is 6.00. The van der Waals surface area contributed by atoms with E-state index in [0.29, 0.717) is 29.9 Å². The van der Waals surface area contributed by atoms with Crippen LogP contribution in [-0.2, 0) is 11.8 Å². The van der Waals surface area contributed by atoms with Crippen molar-refractivity contribution in [1.29, 1.82) is 0 Å². The van der Waals surface area contributed by atoms with Crippen LogP contribution in [0.2, 0.25) is 0 Å². The van der Waals surface area contributed by atoms with Crippen molar-refractivity contribution in [3.63, 3.8) is 0 Å². The molecule has 0 saturated carbocycles. The number of aromatic nitrogens is 1. The Hall–Kier alpha value is -1.88. The van der Waals surface area contributed by atoms with Crippen LogP contribution in [0.4, 0.5) is 0 Å². The number of rotatable bonds is 2. The Kier molecular flexibility index (Phi) is 2.98. The van der Waals surface area contributed by atoms with Gasteiger partial charge in [-0.1, -0.05) is 0 Å². The number of oxazole rings is 1. The van der Waals surface area contributed by atoms with Gasteiger partial charge in [-0.2, -0.15) is 0 Å². The molecule has 5 nitrogen and oxygen atoms in total. The quantitative estimate of drug-likeness (QED) is 0.772. The summed E-state index contributed by atoms with van der Waals surface area (Å²) in [6, 6.07) is 5.18. The van der Waals surface area contributed by atoms with Crippen molar-refractivity contribution in [2.45, 2.75) is 12.8 Å². The van der Waals surface area contributed by atoms with Gasteiger partial charge in [0.1, 0.15) is 0 Å². The molecule has 1 aliphatic rings. The van der Waals surface area contributed by atoms with Gasteiger partial charge < -0.3 is 9.15 Å². The number of hydrogen-bond donors (Lipinski definition) is 0. The number of aryl methyl sites for hydroxylation is 1. The molecule has 0 N–H and O–H groups in total. The van der Waals surface area contributed by atoms with Gasteiger partial charge in [0.05, 0.1) is 5.52 Å². The fraction of sp³-hybridized carbons (Fsp3) is 0.429. The molecule has 2 aromatic rings. The summed E-state index contributed by atoms with van der Waals surface area (Å²) in [4.78, 5) is 23.8. The number of carbonyl (C=O) groups is 1. The minimum absolute atomic E-state index is 0.0154. The number of hydrogen-bond acceptors (Lipinski definition) is 4. The van der Waals surface area contributed by atoms with Crippen molar-refractivity contribution in [1.82, 2.24) is 4.57 Å². The van der Waals surface area contributed by atoms with Crippen molar-refractivity contribution in [2.24, 2.45) is 13.0 Å². The predicted octanol–water partition coefficient (Wildman–Crippen LogP) is 1.74. The van der Waals surface area contributed by atoms with Gasteiger partial charge in [0.25, 0.3) is 0 Å². The first kappa shape index (κ1) is 12.2. The highest BCUT2D eigenvalue weighted by Crippen LogP contribution is 2.22. The molecule has 100 valence electrons. The van der Waals surface area contributed by atoms with Crippen LogP contribution >= 0.6 is 0 Å². The van der Waals surface area contributed by atoms with Crippen LogP contribution in [0, 0.1) is 5.92 Å². The number of carbonyl (C=O) groups excluding carboxylic acids is 1. The smallest absolute Gasteiger partial charge is 0.408 e. The zero-order valence-corrected chi connectivity index (χ0v) is 10.7. The number of ketones is 1. The van der Waals surface area contributed by atoms with E-state index in [2.05, 4.69) is 0 Å². The van der Waals surface area contributed by atoms with Crippen LogP contribution in [0.15, 0.2) is 27.4 Å². The minimum Gasteiger partial charge on any atom is -0.408 e. The lowest BCUT2D eigenvalue weighted by Gasteiger charge is -2.20. The molecule has 0 atom stereocenters. The number of nitrogens with zero attached hydrogens (tertiary/aromatic N) is 1. The lowest BCUT2D eigenvalue weighted by atomic mass is 9.91. The van der Waals surface area contributed by atoms with E-state index in [1.165, 1.54) is 4.57 Å². The fourth-order valence-corrected chi connectivity index (χ4v) is 2.48. The van der Waals surface area contributed by atoms with Gasteiger partial charge in [-0.05, 0) is 31.0 Å². The van der Waals surface area contributed by atoms with Crippen LogP contribution < -0.4 is 5.76 Å². The van der Waals surface area contributed by atoms with Crippen molar-refractivity contribution >= 4 is 16.9 Å². The monoisotopic (exact) mass is 261 g/mol. The van der Waals surface area contributed by atoms with Gasteiger partial charge in [-0.25, -0.2) is 4.79 Å². The number of ether oxygens (including phenoxy) is 1. The third kappa shape index (κ3) is 2.10. The highest BCUT2D eigenvalue weighted by atomic mass is 16.5. The molecule has 0 radical (unpaired) electrons. The van der Waals surface area contributed by atoms with Crippen LogP contribution in [0.1, 0.15) is 23.2 Å². The summed E-state index contributed by atoms with van der Waals surface area (Å²) in [7, 11) is 1.65. The summed E-state index contributed by atoms with van der Waals surface area (Å²) in [5.41, 5.74) is 1.77. The van der Waals surface area contributed by atoms with Crippen LogP contribution in [0.3, 0.4) is 0 Å². The summed E-state index contributed by atoms with van der Waals surface area (Å²) >= 11 is 0. The van der Waals surface area contributed by atoms with Crippen molar-refractivity contribution in [3.8, 4) is 0 Å². The van der Waals surface area contributed by atoms with E-state index < -0.39 is 5.76 Å². The standard InChI is InChI=1S/C14H15NO4/c1-15-11-3-2-10(8-12(11)19-14(15)17)13(16)9-4-6-18-7-5-9/h2-3,8-9H,4-7H2,1H3. The van der Waals surface area contributed by atoms with Gasteiger partial charge in [-0.3, -0.25) is 9.36 Å². The summed E-state index contributed by atoms with van der Waals surface area (Å²) in [5, 5.41) is 0. The summed E-state index contributed by atoms with van der Waals surface area (Å²) < 4.78 is 11.8. The molecule has 0 aliphatic carbocycles. The first-order valence-electron chi connectivity index (χ1n) is 6.38. The number of benzene rings is 1. The molecule has 1 saturated heterocycles. The first-order chi connectivity index (χ1) is 9.16. The second-order valence-corrected chi connectivity index (χ2v) is 4.86. The van der Waals surface area contributed by atoms with E-state index in [-0.39, 0.29) is 11.7 Å². The van der Waals surface area contributed by atoms with E-state index in [1.807, 2.05) is 0 Å². The fourth-order valence-electron chi connectivity index (χ4n) is 2.48. The Morgan fingerprint density at radius 1 is 1.32 bits per heavy atom. The van der Waals surface area contributed by atoms with Crippen LogP contribution in [0.25, 0.3) is 11.1 Å². The van der Waals surface area contributed by atoms with Crippen molar-refractivity contribution < 1.29 is 13.9 Å². The average Bonchev–Trinajstić information content (AvgIpc) is 2.74. The van der Waals surface area contributed by atoms with E-state index in [1.54, 1.807) is 25.2 Å². The largest absolute Gasteiger partial charge is 0.419 e. The number of Topliss-reactive ketones (excluding diaryl/α,β-unsaturated/α-hetero) is 1. The molecule has 1 aromatic carbocycles. The zero-order valence-electron chi connectivity index (χ0n) is 10.7. The predicted molar refractivity (Wildman–Crippen MR) is 69.3 cm³/mol. The summed E-state index contributed by atoms with van der Waals surface area (Å²) in [6.07, 6.45) is 1.52. The SMILES string of the molecule is Cn1c(=O)oc2cc(C(=O)C3CCOCC3)ccc21. The molecule has 2 heterocycles. The normalized spacial score (nSPS) is 16.9. The van der Waals surface area contributed by atoms with Gasteiger partial charge in [0.15, 0.2) is 11.4 Å². The van der Waals surface area contributed by atoms with Gasteiger partial charge in [-0.15, -0.1) is 0 Å². The van der Waals surface area contributed by atoms with E-state index in [4.69, 9.17) is 9.15 Å². The zero-order chi connectivity index (χ0) is 13.4. The van der Waals surface area contributed by atoms with Gasteiger partial charge >= 0.3 is 5.76 Å². The van der Waals surface area contributed by atoms with E-state index in [9.17, 15) is 9.59 Å². The van der Waals surface area contributed by atoms with E-state index in [0.717, 1.165) is 12.8 Å². The molecule has 0 amide bonds. The molecule has 3 rings (SSSR count). The molecule has 19 heavy (non-hydrogen) atoms. The lowest BCUT2D eigenvalue weighted by molar-refractivity contribution is 0.0545. The molecule has 1 aliphatic heterocycles. The Labute approximate surface area is 109 Å². The van der Waals surface area contributed by atoms with Gasteiger partial charge in [0, 0.05) is 31.7 Å². The second-order valence-electron chi connectivity index (χ2n) is 4.86. The molecular weight excluding hydrogens is 246 g/mol. The average molecular weight is 261 g/mol. The molecule has 0 spiro atoms. The first-order valence-corrected chi connectivity index (χ1v) is 6.38. The third-order valence-electron chi connectivity index (χ3n) is 3.67. The molecular formula is C14H15NO4. The Morgan fingerprint density at radius 3 is 2.79 bits per heavy atom. The Bertz CT molecular complexity index is 676. The van der Waals surface area contributed by atoms with Gasteiger partial charge in [0.2, 0.25) is 0 Å².